The zero-order valence-corrected chi connectivity index (χ0v) is 12.3. The van der Waals surface area contributed by atoms with Crippen molar-refractivity contribution in [2.75, 3.05) is 6.61 Å². The minimum Gasteiger partial charge on any atom is -0.484 e. The van der Waals surface area contributed by atoms with E-state index in [9.17, 15) is 22.8 Å². The minimum atomic E-state index is -4.44. The van der Waals surface area contributed by atoms with E-state index in [0.29, 0.717) is 0 Å². The first-order valence-corrected chi connectivity index (χ1v) is 7.04. The lowest BCUT2D eigenvalue weighted by Gasteiger charge is -2.26. The van der Waals surface area contributed by atoms with Crippen LogP contribution in [-0.4, -0.2) is 46.7 Å². The van der Waals surface area contributed by atoms with Gasteiger partial charge in [-0.3, -0.25) is 4.79 Å². The van der Waals surface area contributed by atoms with E-state index in [0.717, 1.165) is 12.8 Å². The number of amides is 1. The molecule has 126 valence electrons. The number of hydrogen-bond donors (Lipinski definition) is 1. The van der Waals surface area contributed by atoms with Crippen molar-refractivity contribution in [3.8, 4) is 5.75 Å². The fourth-order valence-corrected chi connectivity index (χ4v) is 2.14. The first-order chi connectivity index (χ1) is 10.7. The summed E-state index contributed by atoms with van der Waals surface area (Å²) in [6.07, 6.45) is -2.94. The highest BCUT2D eigenvalue weighted by atomic mass is 19.4. The molecule has 1 saturated carbocycles. The highest BCUT2D eigenvalue weighted by Crippen LogP contribution is 2.30. The van der Waals surface area contributed by atoms with Crippen molar-refractivity contribution in [2.24, 2.45) is 0 Å². The molecule has 5 nitrogen and oxygen atoms in total. The fraction of sp³-hybridized carbons (Fsp3) is 0.467. The zero-order chi connectivity index (χ0) is 17.2. The van der Waals surface area contributed by atoms with E-state index in [1.54, 1.807) is 0 Å². The summed E-state index contributed by atoms with van der Waals surface area (Å²) in [5.41, 5.74) is 0.212. The summed E-state index contributed by atoms with van der Waals surface area (Å²) in [5.74, 6) is -1.57. The normalized spacial score (nSPS) is 15.8. The van der Waals surface area contributed by atoms with Crippen molar-refractivity contribution in [3.05, 3.63) is 29.8 Å². The Balaban J connectivity index is 2.08. The second kappa shape index (κ2) is 6.47. The lowest BCUT2D eigenvalue weighted by atomic mass is 10.1. The standard InChI is InChI=1S/C15H16F3NO4/c1-9(14(21)22)19(11-4-5-11)13(20)10-2-6-12(7-3-10)23-8-15(16,17)18/h2-3,6-7,9,11H,4-5,8H2,1H3,(H,21,22). The van der Waals surface area contributed by atoms with Gasteiger partial charge in [-0.25, -0.2) is 4.79 Å². The van der Waals surface area contributed by atoms with Gasteiger partial charge in [0.15, 0.2) is 6.61 Å². The Morgan fingerprint density at radius 2 is 1.87 bits per heavy atom. The third-order valence-electron chi connectivity index (χ3n) is 3.45. The number of carboxylic acids is 1. The molecule has 0 radical (unpaired) electrons. The first kappa shape index (κ1) is 17.1. The lowest BCUT2D eigenvalue weighted by Crippen LogP contribution is -2.44. The largest absolute Gasteiger partial charge is 0.484 e. The first-order valence-electron chi connectivity index (χ1n) is 7.04. The molecule has 2 rings (SSSR count). The molecular weight excluding hydrogens is 315 g/mol. The molecule has 1 amide bonds. The Hall–Kier alpha value is -2.25. The Kier molecular flexibility index (Phi) is 4.82. The van der Waals surface area contributed by atoms with Crippen LogP contribution >= 0.6 is 0 Å². The van der Waals surface area contributed by atoms with Crippen molar-refractivity contribution in [1.29, 1.82) is 0 Å². The number of alkyl halides is 3. The Morgan fingerprint density at radius 3 is 2.30 bits per heavy atom. The highest BCUT2D eigenvalue weighted by molar-refractivity contribution is 5.97. The molecule has 1 unspecified atom stereocenters. The molecule has 0 aromatic heterocycles. The second-order valence-electron chi connectivity index (χ2n) is 5.39. The zero-order valence-electron chi connectivity index (χ0n) is 12.3. The van der Waals surface area contributed by atoms with Crippen LogP contribution in [0.4, 0.5) is 13.2 Å². The number of carbonyl (C=O) groups excluding carboxylic acids is 1. The molecule has 0 bridgehead atoms. The van der Waals surface area contributed by atoms with E-state index < -0.39 is 30.7 Å². The van der Waals surface area contributed by atoms with E-state index in [1.165, 1.54) is 36.1 Å². The van der Waals surface area contributed by atoms with Crippen LogP contribution in [0.5, 0.6) is 5.75 Å². The molecule has 1 aromatic carbocycles. The van der Waals surface area contributed by atoms with Crippen molar-refractivity contribution in [2.45, 2.75) is 38.0 Å². The summed E-state index contributed by atoms with van der Waals surface area (Å²) < 4.78 is 40.8. The van der Waals surface area contributed by atoms with E-state index >= 15 is 0 Å². The third-order valence-corrected chi connectivity index (χ3v) is 3.45. The Morgan fingerprint density at radius 1 is 1.30 bits per heavy atom. The predicted octanol–water partition coefficient (Wildman–Crippen LogP) is 2.71. The van der Waals surface area contributed by atoms with Crippen LogP contribution in [0.15, 0.2) is 24.3 Å². The van der Waals surface area contributed by atoms with Gasteiger partial charge in [-0.15, -0.1) is 0 Å². The molecule has 1 aliphatic rings. The van der Waals surface area contributed by atoms with E-state index in [1.807, 2.05) is 0 Å². The van der Waals surface area contributed by atoms with Gasteiger partial charge in [-0.2, -0.15) is 13.2 Å². The van der Waals surface area contributed by atoms with E-state index in [4.69, 9.17) is 5.11 Å². The Labute approximate surface area is 130 Å². The van der Waals surface area contributed by atoms with Crippen LogP contribution in [0.25, 0.3) is 0 Å². The molecule has 0 saturated heterocycles. The van der Waals surface area contributed by atoms with Gasteiger partial charge in [0.1, 0.15) is 11.8 Å². The van der Waals surface area contributed by atoms with Crippen molar-refractivity contribution >= 4 is 11.9 Å². The van der Waals surface area contributed by atoms with Gasteiger partial charge in [-0.1, -0.05) is 0 Å². The number of halogens is 3. The summed E-state index contributed by atoms with van der Waals surface area (Å²) in [6, 6.07) is 4.12. The molecule has 8 heteroatoms. The monoisotopic (exact) mass is 331 g/mol. The number of carbonyl (C=O) groups is 2. The molecule has 0 heterocycles. The number of rotatable bonds is 6. The van der Waals surface area contributed by atoms with Crippen molar-refractivity contribution in [3.63, 3.8) is 0 Å². The third kappa shape index (κ3) is 4.61. The van der Waals surface area contributed by atoms with Crippen LogP contribution < -0.4 is 4.74 Å². The molecule has 1 aliphatic carbocycles. The van der Waals surface area contributed by atoms with Gasteiger partial charge in [0.25, 0.3) is 5.91 Å². The van der Waals surface area contributed by atoms with Crippen molar-refractivity contribution < 1.29 is 32.6 Å². The molecule has 23 heavy (non-hydrogen) atoms. The number of nitrogens with zero attached hydrogens (tertiary/aromatic N) is 1. The number of benzene rings is 1. The molecule has 1 fully saturated rings. The lowest BCUT2D eigenvalue weighted by molar-refractivity contribution is -0.153. The molecule has 0 spiro atoms. The highest BCUT2D eigenvalue weighted by Gasteiger charge is 2.38. The summed E-state index contributed by atoms with van der Waals surface area (Å²) in [6.45, 7) is 0.0178. The quantitative estimate of drug-likeness (QED) is 0.870. The molecular formula is C15H16F3NO4. The number of carboxylic acid groups (broad SMARTS) is 1. The number of ether oxygens (including phenoxy) is 1. The topological polar surface area (TPSA) is 66.8 Å². The van der Waals surface area contributed by atoms with Gasteiger partial charge in [0, 0.05) is 11.6 Å². The van der Waals surface area contributed by atoms with Crippen LogP contribution in [0, 0.1) is 0 Å². The molecule has 0 aliphatic heterocycles. The van der Waals surface area contributed by atoms with E-state index in [2.05, 4.69) is 4.74 Å². The average molecular weight is 331 g/mol. The summed E-state index contributed by atoms with van der Waals surface area (Å²) in [4.78, 5) is 24.9. The van der Waals surface area contributed by atoms with Gasteiger partial charge < -0.3 is 14.7 Å². The Bertz CT molecular complexity index is 581. The van der Waals surface area contributed by atoms with Crippen LogP contribution in [0.3, 0.4) is 0 Å². The maximum atomic E-state index is 12.4. The maximum absolute atomic E-state index is 12.4. The number of aliphatic carboxylic acids is 1. The van der Waals surface area contributed by atoms with Gasteiger partial charge in [0.2, 0.25) is 0 Å². The number of hydrogen-bond acceptors (Lipinski definition) is 3. The smallest absolute Gasteiger partial charge is 0.422 e. The van der Waals surface area contributed by atoms with Crippen LogP contribution in [0.1, 0.15) is 30.1 Å². The van der Waals surface area contributed by atoms with Gasteiger partial charge in [-0.05, 0) is 44.0 Å². The summed E-state index contributed by atoms with van der Waals surface area (Å²) in [7, 11) is 0. The van der Waals surface area contributed by atoms with Crippen LogP contribution in [0.2, 0.25) is 0 Å². The van der Waals surface area contributed by atoms with Crippen molar-refractivity contribution in [1.82, 2.24) is 4.90 Å². The predicted molar refractivity (Wildman–Crippen MR) is 74.3 cm³/mol. The van der Waals surface area contributed by atoms with Crippen LogP contribution in [-0.2, 0) is 4.79 Å². The molecule has 1 atom stereocenters. The fourth-order valence-electron chi connectivity index (χ4n) is 2.14. The summed E-state index contributed by atoms with van der Waals surface area (Å²) in [5, 5.41) is 9.09. The second-order valence-corrected chi connectivity index (χ2v) is 5.39. The maximum Gasteiger partial charge on any atom is 0.422 e. The molecule has 1 N–H and O–H groups in total. The van der Waals surface area contributed by atoms with Gasteiger partial charge in [0.05, 0.1) is 0 Å². The van der Waals surface area contributed by atoms with Gasteiger partial charge >= 0.3 is 12.1 Å². The minimum absolute atomic E-state index is 0.0110. The molecule has 1 aromatic rings. The average Bonchev–Trinajstić information content (AvgIpc) is 3.29. The van der Waals surface area contributed by atoms with E-state index in [-0.39, 0.29) is 17.4 Å². The summed E-state index contributed by atoms with van der Waals surface area (Å²) >= 11 is 0. The SMILES string of the molecule is CC(C(=O)O)N(C(=O)c1ccc(OCC(F)(F)F)cc1)C1CC1.